The van der Waals surface area contributed by atoms with E-state index in [2.05, 4.69) is 18.0 Å². The molecule has 0 aliphatic heterocycles. The van der Waals surface area contributed by atoms with Crippen molar-refractivity contribution in [2.24, 2.45) is 5.92 Å². The molecule has 6 heteroatoms. The van der Waals surface area contributed by atoms with Crippen molar-refractivity contribution in [3.8, 4) is 0 Å². The molecule has 0 rings (SSSR count). The summed E-state index contributed by atoms with van der Waals surface area (Å²) in [4.78, 5) is 0. The van der Waals surface area contributed by atoms with E-state index < -0.39 is 10.4 Å². The summed E-state index contributed by atoms with van der Waals surface area (Å²) in [6.45, 7) is 4.53. The second-order valence-corrected chi connectivity index (χ2v) is 9.14. The Morgan fingerprint density at radius 2 is 0.964 bits per heavy atom. The normalized spacial score (nSPS) is 12.7. The third-order valence-electron chi connectivity index (χ3n) is 5.38. The number of rotatable bonds is 21. The molecule has 164 valence electrons. The predicted molar refractivity (Wildman–Crippen MR) is 114 cm³/mol. The van der Waals surface area contributed by atoms with E-state index in [0.29, 0.717) is 0 Å². The van der Waals surface area contributed by atoms with Crippen LogP contribution in [0.1, 0.15) is 129 Å². The number of hydrogen-bond donors (Lipinski definition) is 0. The van der Waals surface area contributed by atoms with Crippen molar-refractivity contribution in [3.63, 3.8) is 0 Å². The average molecular weight is 429 g/mol. The van der Waals surface area contributed by atoms with Crippen molar-refractivity contribution in [1.82, 2.24) is 0 Å². The fourth-order valence-electron chi connectivity index (χ4n) is 3.62. The Kier molecular flexibility index (Phi) is 25.0. The zero-order valence-electron chi connectivity index (χ0n) is 19.1. The Morgan fingerprint density at radius 3 is 1.29 bits per heavy atom. The first kappa shape index (κ1) is 31.1. The fraction of sp³-hybridized carbons (Fsp3) is 1.00. The van der Waals surface area contributed by atoms with Gasteiger partial charge in [-0.2, -0.15) is 0 Å². The summed E-state index contributed by atoms with van der Waals surface area (Å²) in [7, 11) is -4.56. The quantitative estimate of drug-likeness (QED) is 0.119. The maximum atomic E-state index is 10.7. The Morgan fingerprint density at radius 1 is 0.643 bits per heavy atom. The van der Waals surface area contributed by atoms with Crippen LogP contribution in [-0.4, -0.2) is 19.6 Å². The molecule has 0 aliphatic carbocycles. The number of unbranched alkanes of at least 4 members (excludes halogenated alkanes) is 14. The van der Waals surface area contributed by atoms with Gasteiger partial charge in [-0.3, -0.25) is 4.18 Å². The van der Waals surface area contributed by atoms with E-state index in [-0.39, 0.29) is 42.1 Å². The average Bonchev–Trinajstić information content (AvgIpc) is 2.62. The standard InChI is InChI=1S/C22H46O4S.Na/c1-3-5-7-9-11-12-13-14-16-18-20-22(21-26-27(23,24)25)19-17-15-10-8-6-4-2;/h22H,3-21H2,1-2H3,(H,23,24,25);/q;+1/p-1. The van der Waals surface area contributed by atoms with Gasteiger partial charge >= 0.3 is 29.6 Å². The van der Waals surface area contributed by atoms with Crippen molar-refractivity contribution in [1.29, 1.82) is 0 Å². The van der Waals surface area contributed by atoms with Crippen LogP contribution in [0.4, 0.5) is 0 Å². The minimum absolute atomic E-state index is 0. The van der Waals surface area contributed by atoms with Gasteiger partial charge in [0.1, 0.15) is 0 Å². The predicted octanol–water partition coefficient (Wildman–Crippen LogP) is 4.15. The minimum Gasteiger partial charge on any atom is -0.726 e. The van der Waals surface area contributed by atoms with Crippen LogP contribution in [0.3, 0.4) is 0 Å². The van der Waals surface area contributed by atoms with Gasteiger partial charge in [-0.05, 0) is 18.8 Å². The van der Waals surface area contributed by atoms with Gasteiger partial charge in [0.2, 0.25) is 10.4 Å². The minimum atomic E-state index is -4.56. The van der Waals surface area contributed by atoms with Crippen molar-refractivity contribution >= 4 is 10.4 Å². The molecule has 0 heterocycles. The van der Waals surface area contributed by atoms with Crippen LogP contribution >= 0.6 is 0 Å². The molecular formula is C22H45NaO4S. The van der Waals surface area contributed by atoms with Crippen molar-refractivity contribution in [3.05, 3.63) is 0 Å². The molecule has 0 aromatic rings. The van der Waals surface area contributed by atoms with Gasteiger partial charge in [-0.15, -0.1) is 0 Å². The summed E-state index contributed by atoms with van der Waals surface area (Å²) >= 11 is 0. The Balaban J connectivity index is 0. The second-order valence-electron chi connectivity index (χ2n) is 8.09. The Bertz CT molecular complexity index is 401. The van der Waals surface area contributed by atoms with Crippen LogP contribution in [0.25, 0.3) is 0 Å². The molecule has 0 fully saturated rings. The van der Waals surface area contributed by atoms with Crippen LogP contribution < -0.4 is 29.6 Å². The van der Waals surface area contributed by atoms with Gasteiger partial charge in [0.25, 0.3) is 0 Å². The van der Waals surface area contributed by atoms with Crippen LogP contribution in [-0.2, 0) is 14.6 Å². The van der Waals surface area contributed by atoms with Crippen molar-refractivity contribution in [2.75, 3.05) is 6.61 Å². The van der Waals surface area contributed by atoms with Crippen molar-refractivity contribution < 1.29 is 46.7 Å². The number of hydrogen-bond acceptors (Lipinski definition) is 4. The summed E-state index contributed by atoms with van der Waals surface area (Å²) < 4.78 is 36.8. The van der Waals surface area contributed by atoms with E-state index in [1.54, 1.807) is 0 Å². The van der Waals surface area contributed by atoms with E-state index in [4.69, 9.17) is 0 Å². The maximum Gasteiger partial charge on any atom is 1.00 e. The smallest absolute Gasteiger partial charge is 0.726 e. The van der Waals surface area contributed by atoms with E-state index in [1.165, 1.54) is 89.9 Å². The Labute approximate surface area is 198 Å². The molecule has 0 N–H and O–H groups in total. The second kappa shape index (κ2) is 22.6. The van der Waals surface area contributed by atoms with Gasteiger partial charge in [0.15, 0.2) is 0 Å². The van der Waals surface area contributed by atoms with E-state index in [1.807, 2.05) is 0 Å². The molecule has 28 heavy (non-hydrogen) atoms. The summed E-state index contributed by atoms with van der Waals surface area (Å²) in [5.41, 5.74) is 0. The van der Waals surface area contributed by atoms with E-state index >= 15 is 0 Å². The topological polar surface area (TPSA) is 66.4 Å². The monoisotopic (exact) mass is 428 g/mol. The largest absolute Gasteiger partial charge is 1.00 e. The van der Waals surface area contributed by atoms with Crippen molar-refractivity contribution in [2.45, 2.75) is 129 Å². The molecule has 0 spiro atoms. The molecule has 0 aliphatic rings. The van der Waals surface area contributed by atoms with E-state index in [9.17, 15) is 13.0 Å². The summed E-state index contributed by atoms with van der Waals surface area (Å²) in [5, 5.41) is 0. The summed E-state index contributed by atoms with van der Waals surface area (Å²) in [6.07, 6.45) is 22.3. The fourth-order valence-corrected chi connectivity index (χ4v) is 3.98. The third kappa shape index (κ3) is 24.9. The maximum absolute atomic E-state index is 10.7. The molecule has 0 bridgehead atoms. The van der Waals surface area contributed by atoms with Gasteiger partial charge in [-0.1, -0.05) is 117 Å². The molecular weight excluding hydrogens is 383 g/mol. The van der Waals surface area contributed by atoms with Crippen LogP contribution in [0, 0.1) is 5.92 Å². The molecule has 0 aromatic carbocycles. The zero-order valence-corrected chi connectivity index (χ0v) is 21.9. The molecule has 1 atom stereocenters. The molecule has 4 nitrogen and oxygen atoms in total. The molecule has 0 amide bonds. The van der Waals surface area contributed by atoms with Gasteiger partial charge in [-0.25, -0.2) is 8.42 Å². The Hall–Kier alpha value is 0.870. The van der Waals surface area contributed by atoms with Gasteiger partial charge in [0, 0.05) is 0 Å². The first-order chi connectivity index (χ1) is 13.0. The van der Waals surface area contributed by atoms with Gasteiger partial charge < -0.3 is 4.55 Å². The zero-order chi connectivity index (χ0) is 20.2. The van der Waals surface area contributed by atoms with Crippen LogP contribution in [0.2, 0.25) is 0 Å². The first-order valence-corrected chi connectivity index (χ1v) is 12.9. The first-order valence-electron chi connectivity index (χ1n) is 11.6. The molecule has 0 radical (unpaired) electrons. The van der Waals surface area contributed by atoms with E-state index in [0.717, 1.165) is 25.7 Å². The van der Waals surface area contributed by atoms with Crippen LogP contribution in [0.5, 0.6) is 0 Å². The summed E-state index contributed by atoms with van der Waals surface area (Å²) in [6, 6.07) is 0. The SMILES string of the molecule is CCCCCCCCCCCCC(CCCCCCCC)COS(=O)(=O)[O-].[Na+]. The molecule has 1 unspecified atom stereocenters. The van der Waals surface area contributed by atoms with Gasteiger partial charge in [0.05, 0.1) is 6.61 Å². The molecule has 0 saturated carbocycles. The molecule has 0 saturated heterocycles. The third-order valence-corrected chi connectivity index (χ3v) is 5.80. The molecule has 0 aromatic heterocycles. The van der Waals surface area contributed by atoms with Crippen LogP contribution in [0.15, 0.2) is 0 Å². The summed E-state index contributed by atoms with van der Waals surface area (Å²) in [5.74, 6) is 0.203.